The molecule has 1 aromatic heterocycles. The number of amides is 1. The standard InChI is InChI=1S/C15H15BrN4O/c1-18-13(21)6-7-20(2)15-10(8-17)9-19-14-11(15)4-3-5-12(14)16/h3-5,9H,6-7H2,1-2H3,(H,18,21). The number of nitriles is 1. The van der Waals surface area contributed by atoms with Crippen molar-refractivity contribution < 1.29 is 4.79 Å². The van der Waals surface area contributed by atoms with E-state index in [0.29, 0.717) is 18.5 Å². The number of fused-ring (bicyclic) bond motifs is 1. The van der Waals surface area contributed by atoms with Crippen molar-refractivity contribution in [1.82, 2.24) is 10.3 Å². The third kappa shape index (κ3) is 3.14. The molecule has 0 radical (unpaired) electrons. The van der Waals surface area contributed by atoms with Crippen molar-refractivity contribution in [2.45, 2.75) is 6.42 Å². The number of anilines is 1. The van der Waals surface area contributed by atoms with Gasteiger partial charge in [0.1, 0.15) is 6.07 Å². The average molecular weight is 347 g/mol. The quantitative estimate of drug-likeness (QED) is 0.922. The van der Waals surface area contributed by atoms with E-state index >= 15 is 0 Å². The molecule has 1 heterocycles. The number of hydrogen-bond acceptors (Lipinski definition) is 4. The van der Waals surface area contributed by atoms with E-state index in [-0.39, 0.29) is 5.91 Å². The predicted molar refractivity (Wildman–Crippen MR) is 86.1 cm³/mol. The fourth-order valence-electron chi connectivity index (χ4n) is 2.17. The summed E-state index contributed by atoms with van der Waals surface area (Å²) in [6, 6.07) is 7.92. The Morgan fingerprint density at radius 3 is 2.95 bits per heavy atom. The van der Waals surface area contributed by atoms with Crippen molar-refractivity contribution in [2.75, 3.05) is 25.5 Å². The lowest BCUT2D eigenvalue weighted by Gasteiger charge is -2.22. The zero-order chi connectivity index (χ0) is 15.4. The Morgan fingerprint density at radius 1 is 1.52 bits per heavy atom. The van der Waals surface area contributed by atoms with E-state index in [1.165, 1.54) is 0 Å². The molecule has 0 aliphatic heterocycles. The van der Waals surface area contributed by atoms with Gasteiger partial charge in [0.15, 0.2) is 0 Å². The van der Waals surface area contributed by atoms with Crippen LogP contribution in [0.2, 0.25) is 0 Å². The molecule has 5 nitrogen and oxygen atoms in total. The van der Waals surface area contributed by atoms with Gasteiger partial charge < -0.3 is 10.2 Å². The van der Waals surface area contributed by atoms with E-state index in [1.54, 1.807) is 13.2 Å². The molecule has 0 saturated heterocycles. The maximum absolute atomic E-state index is 11.4. The highest BCUT2D eigenvalue weighted by atomic mass is 79.9. The van der Waals surface area contributed by atoms with Crippen molar-refractivity contribution in [2.24, 2.45) is 0 Å². The lowest BCUT2D eigenvalue weighted by Crippen LogP contribution is -2.27. The second kappa shape index (κ2) is 6.55. The Balaban J connectivity index is 2.48. The molecule has 1 aromatic carbocycles. The molecule has 0 fully saturated rings. The molecule has 1 N–H and O–H groups in total. The number of pyridine rings is 1. The van der Waals surface area contributed by atoms with Gasteiger partial charge in [-0.05, 0) is 22.0 Å². The fourth-order valence-corrected chi connectivity index (χ4v) is 2.64. The van der Waals surface area contributed by atoms with E-state index in [0.717, 1.165) is 21.1 Å². The van der Waals surface area contributed by atoms with Crippen molar-refractivity contribution in [3.05, 3.63) is 34.4 Å². The lowest BCUT2D eigenvalue weighted by atomic mass is 10.1. The van der Waals surface area contributed by atoms with Crippen LogP contribution < -0.4 is 10.2 Å². The summed E-state index contributed by atoms with van der Waals surface area (Å²) in [4.78, 5) is 17.6. The third-order valence-electron chi connectivity index (χ3n) is 3.28. The molecule has 0 saturated carbocycles. The van der Waals surface area contributed by atoms with Gasteiger partial charge in [-0.2, -0.15) is 5.26 Å². The predicted octanol–water partition coefficient (Wildman–Crippen LogP) is 2.44. The van der Waals surface area contributed by atoms with Crippen LogP contribution in [0.25, 0.3) is 10.9 Å². The minimum atomic E-state index is -0.0279. The first kappa shape index (κ1) is 15.3. The average Bonchev–Trinajstić information content (AvgIpc) is 2.51. The first-order valence-electron chi connectivity index (χ1n) is 6.47. The Labute approximate surface area is 131 Å². The van der Waals surface area contributed by atoms with Crippen LogP contribution in [0.5, 0.6) is 0 Å². The van der Waals surface area contributed by atoms with Crippen molar-refractivity contribution >= 4 is 38.4 Å². The Hall–Kier alpha value is -2.13. The molecule has 0 bridgehead atoms. The normalized spacial score (nSPS) is 10.2. The minimum Gasteiger partial charge on any atom is -0.372 e. The van der Waals surface area contributed by atoms with E-state index in [2.05, 4.69) is 32.3 Å². The van der Waals surface area contributed by atoms with E-state index < -0.39 is 0 Å². The molecule has 0 atom stereocenters. The van der Waals surface area contributed by atoms with Gasteiger partial charge in [0.25, 0.3) is 0 Å². The maximum Gasteiger partial charge on any atom is 0.221 e. The topological polar surface area (TPSA) is 69.0 Å². The lowest BCUT2D eigenvalue weighted by molar-refractivity contribution is -0.120. The second-order valence-corrected chi connectivity index (χ2v) is 5.47. The van der Waals surface area contributed by atoms with Gasteiger partial charge in [-0.3, -0.25) is 9.78 Å². The molecule has 1 amide bonds. The van der Waals surface area contributed by atoms with Crippen LogP contribution in [0.1, 0.15) is 12.0 Å². The van der Waals surface area contributed by atoms with Gasteiger partial charge in [0.2, 0.25) is 5.91 Å². The van der Waals surface area contributed by atoms with Gasteiger partial charge >= 0.3 is 0 Å². The highest BCUT2D eigenvalue weighted by molar-refractivity contribution is 9.10. The van der Waals surface area contributed by atoms with E-state index in [4.69, 9.17) is 0 Å². The smallest absolute Gasteiger partial charge is 0.221 e. The Bertz CT molecular complexity index is 723. The molecule has 0 aliphatic rings. The molecular formula is C15H15BrN4O. The Kier molecular flexibility index (Phi) is 4.76. The third-order valence-corrected chi connectivity index (χ3v) is 3.91. The first-order valence-corrected chi connectivity index (χ1v) is 7.26. The van der Waals surface area contributed by atoms with Gasteiger partial charge in [-0.1, -0.05) is 12.1 Å². The number of carbonyl (C=O) groups excluding carboxylic acids is 1. The highest BCUT2D eigenvalue weighted by Crippen LogP contribution is 2.32. The molecule has 2 rings (SSSR count). The SMILES string of the molecule is CNC(=O)CCN(C)c1c(C#N)cnc2c(Br)cccc12. The first-order chi connectivity index (χ1) is 10.1. The summed E-state index contributed by atoms with van der Waals surface area (Å²) < 4.78 is 0.880. The minimum absolute atomic E-state index is 0.0279. The largest absolute Gasteiger partial charge is 0.372 e. The number of carbonyl (C=O) groups is 1. The maximum atomic E-state index is 11.4. The molecular weight excluding hydrogens is 332 g/mol. The number of benzene rings is 1. The molecule has 2 aromatic rings. The number of nitrogens with one attached hydrogen (secondary N) is 1. The number of aromatic nitrogens is 1. The fraction of sp³-hybridized carbons (Fsp3) is 0.267. The monoisotopic (exact) mass is 346 g/mol. The summed E-state index contributed by atoms with van der Waals surface area (Å²) in [7, 11) is 3.49. The van der Waals surface area contributed by atoms with Gasteiger partial charge in [0.05, 0.1) is 16.8 Å². The van der Waals surface area contributed by atoms with E-state index in [9.17, 15) is 10.1 Å². The molecule has 6 heteroatoms. The molecule has 0 aliphatic carbocycles. The molecule has 0 unspecified atom stereocenters. The summed E-state index contributed by atoms with van der Waals surface area (Å²) in [5.41, 5.74) is 2.10. The van der Waals surface area contributed by atoms with Crippen LogP contribution in [-0.4, -0.2) is 31.5 Å². The summed E-state index contributed by atoms with van der Waals surface area (Å²) in [6.45, 7) is 0.528. The molecule has 0 spiro atoms. The van der Waals surface area contributed by atoms with Gasteiger partial charge in [0, 0.05) is 43.1 Å². The van der Waals surface area contributed by atoms with Gasteiger partial charge in [-0.15, -0.1) is 0 Å². The molecule has 108 valence electrons. The summed E-state index contributed by atoms with van der Waals surface area (Å²) in [5, 5.41) is 12.8. The zero-order valence-electron chi connectivity index (χ0n) is 11.9. The van der Waals surface area contributed by atoms with Crippen LogP contribution in [0.4, 0.5) is 5.69 Å². The van der Waals surface area contributed by atoms with Crippen LogP contribution in [0.15, 0.2) is 28.9 Å². The van der Waals surface area contributed by atoms with Crippen LogP contribution in [-0.2, 0) is 4.79 Å². The zero-order valence-corrected chi connectivity index (χ0v) is 13.4. The van der Waals surface area contributed by atoms with Crippen molar-refractivity contribution in [3.8, 4) is 6.07 Å². The number of para-hydroxylation sites is 1. The van der Waals surface area contributed by atoms with Crippen molar-refractivity contribution in [1.29, 1.82) is 5.26 Å². The second-order valence-electron chi connectivity index (χ2n) is 4.61. The van der Waals surface area contributed by atoms with Crippen LogP contribution >= 0.6 is 15.9 Å². The summed E-state index contributed by atoms with van der Waals surface area (Å²) in [5.74, 6) is -0.0279. The summed E-state index contributed by atoms with van der Waals surface area (Å²) in [6.07, 6.45) is 1.94. The number of rotatable bonds is 4. The number of nitrogens with zero attached hydrogens (tertiary/aromatic N) is 3. The van der Waals surface area contributed by atoms with Crippen LogP contribution in [0.3, 0.4) is 0 Å². The van der Waals surface area contributed by atoms with E-state index in [1.807, 2.05) is 30.1 Å². The van der Waals surface area contributed by atoms with Crippen LogP contribution in [0, 0.1) is 11.3 Å². The number of halogens is 1. The summed E-state index contributed by atoms with van der Waals surface area (Å²) >= 11 is 3.47. The number of hydrogen-bond donors (Lipinski definition) is 1. The Morgan fingerprint density at radius 2 is 2.29 bits per heavy atom. The molecule has 21 heavy (non-hydrogen) atoms. The van der Waals surface area contributed by atoms with Crippen molar-refractivity contribution in [3.63, 3.8) is 0 Å². The van der Waals surface area contributed by atoms with Gasteiger partial charge in [-0.25, -0.2) is 0 Å². The highest BCUT2D eigenvalue weighted by Gasteiger charge is 2.15.